The summed E-state index contributed by atoms with van der Waals surface area (Å²) in [7, 11) is 0. The van der Waals surface area contributed by atoms with E-state index in [1.54, 1.807) is 26.1 Å². The Morgan fingerprint density at radius 1 is 1.28 bits per heavy atom. The molecule has 0 aliphatic carbocycles. The number of carbonyl (C=O) groups excluding carboxylic acids is 2. The molecule has 132 valence electrons. The molecule has 0 bridgehead atoms. The highest BCUT2D eigenvalue weighted by atomic mass is 16.5. The van der Waals surface area contributed by atoms with Gasteiger partial charge in [0, 0.05) is 30.5 Å². The van der Waals surface area contributed by atoms with Crippen LogP contribution in [0.2, 0.25) is 0 Å². The number of ether oxygens (including phenoxy) is 1. The van der Waals surface area contributed by atoms with Gasteiger partial charge in [0.1, 0.15) is 5.69 Å². The fourth-order valence-corrected chi connectivity index (χ4v) is 3.21. The normalized spacial score (nSPS) is 14.4. The zero-order chi connectivity index (χ0) is 18.0. The SMILES string of the molecule is CC(=O)c1c(C)[nH]c(C(=O)Nc2cccnc2N2CCOCC2)c1C. The average Bonchev–Trinajstić information content (AvgIpc) is 2.91. The first kappa shape index (κ1) is 17.2. The molecule has 1 aliphatic rings. The van der Waals surface area contributed by atoms with Crippen molar-refractivity contribution in [2.45, 2.75) is 20.8 Å². The van der Waals surface area contributed by atoms with Crippen LogP contribution in [0.4, 0.5) is 11.5 Å². The number of anilines is 2. The van der Waals surface area contributed by atoms with Crippen molar-refractivity contribution in [1.82, 2.24) is 9.97 Å². The second-order valence-electron chi connectivity index (χ2n) is 6.11. The van der Waals surface area contributed by atoms with Gasteiger partial charge < -0.3 is 19.9 Å². The van der Waals surface area contributed by atoms with Crippen molar-refractivity contribution in [3.05, 3.63) is 40.8 Å². The van der Waals surface area contributed by atoms with Crippen LogP contribution < -0.4 is 10.2 Å². The van der Waals surface area contributed by atoms with E-state index >= 15 is 0 Å². The number of ketones is 1. The van der Waals surface area contributed by atoms with E-state index in [9.17, 15) is 9.59 Å². The quantitative estimate of drug-likeness (QED) is 0.833. The lowest BCUT2D eigenvalue weighted by Gasteiger charge is -2.29. The summed E-state index contributed by atoms with van der Waals surface area (Å²) in [5.74, 6) is 0.392. The summed E-state index contributed by atoms with van der Waals surface area (Å²) >= 11 is 0. The highest BCUT2D eigenvalue weighted by molar-refractivity contribution is 6.08. The minimum Gasteiger partial charge on any atom is -0.378 e. The van der Waals surface area contributed by atoms with Gasteiger partial charge in [-0.15, -0.1) is 0 Å². The molecule has 25 heavy (non-hydrogen) atoms. The number of nitrogens with zero attached hydrogens (tertiary/aromatic N) is 2. The number of Topliss-reactive ketones (excluding diaryl/α,β-unsaturated/α-hetero) is 1. The summed E-state index contributed by atoms with van der Waals surface area (Å²) < 4.78 is 5.37. The molecule has 1 saturated heterocycles. The van der Waals surface area contributed by atoms with Crippen molar-refractivity contribution in [3.63, 3.8) is 0 Å². The molecule has 1 amide bonds. The van der Waals surface area contributed by atoms with Gasteiger partial charge in [0.25, 0.3) is 5.91 Å². The van der Waals surface area contributed by atoms with Crippen molar-refractivity contribution in [2.24, 2.45) is 0 Å². The topological polar surface area (TPSA) is 87.3 Å². The first-order valence-electron chi connectivity index (χ1n) is 8.28. The summed E-state index contributed by atoms with van der Waals surface area (Å²) in [4.78, 5) is 34.0. The summed E-state index contributed by atoms with van der Waals surface area (Å²) in [6, 6.07) is 3.61. The summed E-state index contributed by atoms with van der Waals surface area (Å²) in [6.45, 7) is 7.82. The van der Waals surface area contributed by atoms with Crippen LogP contribution in [0, 0.1) is 13.8 Å². The van der Waals surface area contributed by atoms with Crippen molar-refractivity contribution < 1.29 is 14.3 Å². The third kappa shape index (κ3) is 3.41. The van der Waals surface area contributed by atoms with Gasteiger partial charge in [0.2, 0.25) is 0 Å². The molecule has 3 heterocycles. The lowest BCUT2D eigenvalue weighted by atomic mass is 10.1. The van der Waals surface area contributed by atoms with Gasteiger partial charge in [-0.1, -0.05) is 0 Å². The van der Waals surface area contributed by atoms with Gasteiger partial charge in [-0.05, 0) is 38.5 Å². The molecule has 3 rings (SSSR count). The maximum Gasteiger partial charge on any atom is 0.272 e. The number of aromatic amines is 1. The van der Waals surface area contributed by atoms with E-state index in [4.69, 9.17) is 4.74 Å². The second-order valence-corrected chi connectivity index (χ2v) is 6.11. The van der Waals surface area contributed by atoms with E-state index in [1.165, 1.54) is 6.92 Å². The van der Waals surface area contributed by atoms with Gasteiger partial charge in [-0.3, -0.25) is 9.59 Å². The number of carbonyl (C=O) groups is 2. The number of nitrogens with one attached hydrogen (secondary N) is 2. The fourth-order valence-electron chi connectivity index (χ4n) is 3.21. The van der Waals surface area contributed by atoms with Crippen LogP contribution in [-0.4, -0.2) is 48.0 Å². The largest absolute Gasteiger partial charge is 0.378 e. The zero-order valence-corrected chi connectivity index (χ0v) is 14.7. The Morgan fingerprint density at radius 2 is 2.00 bits per heavy atom. The van der Waals surface area contributed by atoms with Gasteiger partial charge in [-0.2, -0.15) is 0 Å². The van der Waals surface area contributed by atoms with Crippen LogP contribution in [0.1, 0.15) is 39.0 Å². The maximum atomic E-state index is 12.7. The summed E-state index contributed by atoms with van der Waals surface area (Å²) in [6.07, 6.45) is 1.71. The molecule has 0 atom stereocenters. The van der Waals surface area contributed by atoms with Crippen molar-refractivity contribution in [3.8, 4) is 0 Å². The predicted octanol–water partition coefficient (Wildman–Crippen LogP) is 2.32. The molecule has 2 N–H and O–H groups in total. The molecular formula is C18H22N4O3. The van der Waals surface area contributed by atoms with E-state index in [0.29, 0.717) is 41.4 Å². The number of rotatable bonds is 4. The first-order valence-corrected chi connectivity index (χ1v) is 8.28. The number of H-pyrrole nitrogens is 1. The van der Waals surface area contributed by atoms with Crippen LogP contribution in [0.3, 0.4) is 0 Å². The molecular weight excluding hydrogens is 320 g/mol. The van der Waals surface area contributed by atoms with Crippen molar-refractivity contribution in [2.75, 3.05) is 36.5 Å². The van der Waals surface area contributed by atoms with E-state index in [0.717, 1.165) is 18.9 Å². The van der Waals surface area contributed by atoms with Gasteiger partial charge >= 0.3 is 0 Å². The molecule has 0 unspecified atom stereocenters. The van der Waals surface area contributed by atoms with Crippen LogP contribution in [-0.2, 0) is 4.74 Å². The lowest BCUT2D eigenvalue weighted by molar-refractivity contribution is 0.101. The Kier molecular flexibility index (Phi) is 4.85. The van der Waals surface area contributed by atoms with E-state index in [2.05, 4.69) is 20.2 Å². The fraction of sp³-hybridized carbons (Fsp3) is 0.389. The number of pyridine rings is 1. The molecule has 7 nitrogen and oxygen atoms in total. The number of hydrogen-bond donors (Lipinski definition) is 2. The molecule has 2 aromatic heterocycles. The van der Waals surface area contributed by atoms with E-state index in [-0.39, 0.29) is 11.7 Å². The highest BCUT2D eigenvalue weighted by Crippen LogP contribution is 2.25. The molecule has 7 heteroatoms. The Balaban J connectivity index is 1.87. The van der Waals surface area contributed by atoms with E-state index in [1.807, 2.05) is 6.07 Å². The molecule has 1 fully saturated rings. The van der Waals surface area contributed by atoms with Crippen molar-refractivity contribution >= 4 is 23.2 Å². The van der Waals surface area contributed by atoms with Gasteiger partial charge in [0.15, 0.2) is 11.6 Å². The number of hydrogen-bond acceptors (Lipinski definition) is 5. The zero-order valence-electron chi connectivity index (χ0n) is 14.7. The van der Waals surface area contributed by atoms with Crippen LogP contribution in [0.25, 0.3) is 0 Å². The van der Waals surface area contributed by atoms with Crippen LogP contribution >= 0.6 is 0 Å². The smallest absolute Gasteiger partial charge is 0.272 e. The van der Waals surface area contributed by atoms with Crippen LogP contribution in [0.15, 0.2) is 18.3 Å². The van der Waals surface area contributed by atoms with Gasteiger partial charge in [-0.25, -0.2) is 4.98 Å². The highest BCUT2D eigenvalue weighted by Gasteiger charge is 2.22. The van der Waals surface area contributed by atoms with Gasteiger partial charge in [0.05, 0.1) is 18.9 Å². The molecule has 0 radical (unpaired) electrons. The molecule has 0 aromatic carbocycles. The second kappa shape index (κ2) is 7.06. The molecule has 0 spiro atoms. The number of aromatic nitrogens is 2. The third-order valence-corrected chi connectivity index (χ3v) is 4.36. The van der Waals surface area contributed by atoms with Crippen molar-refractivity contribution in [1.29, 1.82) is 0 Å². The molecule has 2 aromatic rings. The first-order chi connectivity index (χ1) is 12.0. The monoisotopic (exact) mass is 342 g/mol. The maximum absolute atomic E-state index is 12.7. The molecule has 0 saturated carbocycles. The number of amides is 1. The van der Waals surface area contributed by atoms with E-state index < -0.39 is 0 Å². The molecule has 1 aliphatic heterocycles. The summed E-state index contributed by atoms with van der Waals surface area (Å²) in [5, 5.41) is 2.92. The minimum absolute atomic E-state index is 0.0549. The van der Waals surface area contributed by atoms with Crippen LogP contribution in [0.5, 0.6) is 0 Å². The average molecular weight is 342 g/mol. The Labute approximate surface area is 146 Å². The predicted molar refractivity (Wildman–Crippen MR) is 95.5 cm³/mol. The Hall–Kier alpha value is -2.67. The minimum atomic E-state index is -0.282. The Bertz CT molecular complexity index is 807. The lowest BCUT2D eigenvalue weighted by Crippen LogP contribution is -2.37. The Morgan fingerprint density at radius 3 is 2.64 bits per heavy atom. The number of morpholine rings is 1. The summed E-state index contributed by atoms with van der Waals surface area (Å²) in [5.41, 5.74) is 2.99. The standard InChI is InChI=1S/C18H22N4O3/c1-11-15(13(3)23)12(2)20-16(11)18(24)21-14-5-4-6-19-17(14)22-7-9-25-10-8-22/h4-6,20H,7-10H2,1-3H3,(H,21,24). The third-order valence-electron chi connectivity index (χ3n) is 4.36. The number of aryl methyl sites for hydroxylation is 1.